The maximum atomic E-state index is 12.6. The first kappa shape index (κ1) is 18.5. The molecule has 0 radical (unpaired) electrons. The molecular formula is C17H14N2O7S. The SMILES string of the molecule is C=CC(=O)OCC1=C(C(=O)O)N2C(=O)/C(=C/c3ccccn3)[C@H]2S(=O)(=O)C1. The summed E-state index contributed by atoms with van der Waals surface area (Å²) in [4.78, 5) is 40.1. The number of hydrogen-bond acceptors (Lipinski definition) is 7. The van der Waals surface area contributed by atoms with Crippen LogP contribution >= 0.6 is 0 Å². The van der Waals surface area contributed by atoms with Gasteiger partial charge in [0, 0.05) is 17.8 Å². The number of aromatic nitrogens is 1. The number of carboxylic acids is 1. The van der Waals surface area contributed by atoms with Crippen LogP contribution < -0.4 is 0 Å². The van der Waals surface area contributed by atoms with Gasteiger partial charge < -0.3 is 9.84 Å². The summed E-state index contributed by atoms with van der Waals surface area (Å²) in [7, 11) is -3.93. The lowest BCUT2D eigenvalue weighted by molar-refractivity contribution is -0.142. The second-order valence-corrected chi connectivity index (χ2v) is 7.82. The van der Waals surface area contributed by atoms with Gasteiger partial charge in [-0.2, -0.15) is 0 Å². The summed E-state index contributed by atoms with van der Waals surface area (Å²) in [5.74, 6) is -3.71. The Kier molecular flexibility index (Phi) is 4.66. The van der Waals surface area contributed by atoms with Gasteiger partial charge >= 0.3 is 11.9 Å². The Morgan fingerprint density at radius 3 is 2.74 bits per heavy atom. The standard InChI is InChI=1S/C17H14N2O7S/c1-2-13(20)26-8-10-9-27(24,25)16-12(7-11-5-3-4-6-18-11)15(21)19(16)14(10)17(22)23/h2-7,16H,1,8-9H2,(H,22,23)/b12-7-/t16-/m1/s1. The number of ether oxygens (including phenoxy) is 1. The van der Waals surface area contributed by atoms with Crippen molar-refractivity contribution in [3.63, 3.8) is 0 Å². The van der Waals surface area contributed by atoms with Crippen molar-refractivity contribution in [3.05, 3.63) is 59.6 Å². The normalized spacial score (nSPS) is 22.1. The summed E-state index contributed by atoms with van der Waals surface area (Å²) >= 11 is 0. The Labute approximate surface area is 154 Å². The van der Waals surface area contributed by atoms with Crippen molar-refractivity contribution < 1.29 is 32.6 Å². The molecule has 1 N–H and O–H groups in total. The van der Waals surface area contributed by atoms with E-state index in [0.29, 0.717) is 10.6 Å². The number of hydrogen-bond donors (Lipinski definition) is 1. The Bertz CT molecular complexity index is 1010. The van der Waals surface area contributed by atoms with Crippen LogP contribution in [0.2, 0.25) is 0 Å². The zero-order valence-corrected chi connectivity index (χ0v) is 14.7. The lowest BCUT2D eigenvalue weighted by Gasteiger charge is -2.45. The zero-order valence-electron chi connectivity index (χ0n) is 13.9. The molecule has 1 atom stereocenters. The average molecular weight is 390 g/mol. The number of carbonyl (C=O) groups is 3. The van der Waals surface area contributed by atoms with Gasteiger partial charge in [0.25, 0.3) is 5.91 Å². The maximum absolute atomic E-state index is 12.6. The second-order valence-electron chi connectivity index (χ2n) is 5.76. The van der Waals surface area contributed by atoms with Gasteiger partial charge in [-0.05, 0) is 18.2 Å². The molecule has 10 heteroatoms. The van der Waals surface area contributed by atoms with Crippen molar-refractivity contribution in [1.29, 1.82) is 0 Å². The topological polar surface area (TPSA) is 131 Å². The maximum Gasteiger partial charge on any atom is 0.352 e. The number of carbonyl (C=O) groups excluding carboxylic acids is 2. The smallest absolute Gasteiger partial charge is 0.352 e. The lowest BCUT2D eigenvalue weighted by Crippen LogP contribution is -2.62. The number of fused-ring (bicyclic) bond motifs is 1. The lowest BCUT2D eigenvalue weighted by atomic mass is 10.0. The molecule has 27 heavy (non-hydrogen) atoms. The third kappa shape index (κ3) is 3.26. The predicted octanol–water partition coefficient (Wildman–Crippen LogP) is 0.130. The van der Waals surface area contributed by atoms with Crippen molar-refractivity contribution in [2.24, 2.45) is 0 Å². The summed E-state index contributed by atoms with van der Waals surface area (Å²) < 4.78 is 30.0. The van der Waals surface area contributed by atoms with E-state index in [-0.39, 0.29) is 11.1 Å². The van der Waals surface area contributed by atoms with Gasteiger partial charge in [-0.25, -0.2) is 18.0 Å². The van der Waals surface area contributed by atoms with Gasteiger partial charge in [0.2, 0.25) is 0 Å². The van der Waals surface area contributed by atoms with E-state index in [9.17, 15) is 27.9 Å². The van der Waals surface area contributed by atoms with E-state index >= 15 is 0 Å². The Morgan fingerprint density at radius 2 is 2.15 bits per heavy atom. The van der Waals surface area contributed by atoms with Crippen molar-refractivity contribution in [2.45, 2.75) is 5.37 Å². The van der Waals surface area contributed by atoms with Crippen LogP contribution in [0.4, 0.5) is 0 Å². The van der Waals surface area contributed by atoms with Gasteiger partial charge in [0.1, 0.15) is 12.3 Å². The number of esters is 1. The van der Waals surface area contributed by atoms with Crippen LogP contribution in [0.3, 0.4) is 0 Å². The molecule has 140 valence electrons. The van der Waals surface area contributed by atoms with Crippen LogP contribution in [0.1, 0.15) is 5.69 Å². The number of nitrogens with zero attached hydrogens (tertiary/aromatic N) is 2. The second kappa shape index (κ2) is 6.80. The van der Waals surface area contributed by atoms with Gasteiger partial charge in [0.15, 0.2) is 15.2 Å². The highest BCUT2D eigenvalue weighted by atomic mass is 32.2. The van der Waals surface area contributed by atoms with Crippen molar-refractivity contribution in [1.82, 2.24) is 9.88 Å². The van der Waals surface area contributed by atoms with Gasteiger partial charge in [-0.1, -0.05) is 12.6 Å². The molecule has 3 heterocycles. The third-order valence-electron chi connectivity index (χ3n) is 4.01. The van der Waals surface area contributed by atoms with E-state index < -0.39 is 51.1 Å². The first-order valence-corrected chi connectivity index (χ1v) is 9.40. The quantitative estimate of drug-likeness (QED) is 0.426. The summed E-state index contributed by atoms with van der Waals surface area (Å²) in [5, 5.41) is 8.07. The fourth-order valence-corrected chi connectivity index (χ4v) is 4.83. The van der Waals surface area contributed by atoms with Crippen LogP contribution in [-0.2, 0) is 29.0 Å². The monoisotopic (exact) mass is 390 g/mol. The van der Waals surface area contributed by atoms with Crippen LogP contribution in [-0.4, -0.2) is 59.0 Å². The van der Waals surface area contributed by atoms with Crippen LogP contribution in [0, 0.1) is 0 Å². The molecule has 1 aromatic rings. The highest BCUT2D eigenvalue weighted by Crippen LogP contribution is 2.40. The van der Waals surface area contributed by atoms with E-state index in [1.54, 1.807) is 18.2 Å². The number of carboxylic acid groups (broad SMARTS) is 1. The fraction of sp³-hybridized carbons (Fsp3) is 0.176. The third-order valence-corrected chi connectivity index (χ3v) is 5.90. The molecule has 0 spiro atoms. The minimum Gasteiger partial charge on any atom is -0.477 e. The number of β-lactam (4-membered cyclic amide) rings is 1. The Hall–Kier alpha value is -3.27. The van der Waals surface area contributed by atoms with Gasteiger partial charge in [0.05, 0.1) is 17.0 Å². The van der Waals surface area contributed by atoms with Gasteiger partial charge in [-0.15, -0.1) is 0 Å². The number of rotatable bonds is 5. The van der Waals surface area contributed by atoms with Gasteiger partial charge in [-0.3, -0.25) is 14.7 Å². The molecule has 1 fully saturated rings. The largest absolute Gasteiger partial charge is 0.477 e. The Morgan fingerprint density at radius 1 is 1.41 bits per heavy atom. The molecule has 1 saturated heterocycles. The van der Waals surface area contributed by atoms with Crippen LogP contribution in [0.15, 0.2) is 53.9 Å². The van der Waals surface area contributed by atoms with E-state index in [4.69, 9.17) is 4.74 Å². The molecule has 1 aromatic heterocycles. The number of sulfone groups is 1. The van der Waals surface area contributed by atoms with E-state index in [1.165, 1.54) is 12.3 Å². The molecule has 0 bridgehead atoms. The number of pyridine rings is 1. The highest BCUT2D eigenvalue weighted by Gasteiger charge is 2.56. The molecule has 1 amide bonds. The summed E-state index contributed by atoms with van der Waals surface area (Å²) in [6.07, 6.45) is 3.67. The molecule has 0 aromatic carbocycles. The molecule has 0 unspecified atom stereocenters. The molecule has 0 aliphatic carbocycles. The van der Waals surface area contributed by atoms with Crippen molar-refractivity contribution in [2.75, 3.05) is 12.4 Å². The molecule has 9 nitrogen and oxygen atoms in total. The molecule has 2 aliphatic heterocycles. The van der Waals surface area contributed by atoms with Crippen LogP contribution in [0.5, 0.6) is 0 Å². The summed E-state index contributed by atoms with van der Waals surface area (Å²) in [6.45, 7) is 2.64. The summed E-state index contributed by atoms with van der Waals surface area (Å²) in [5.41, 5.74) is -0.356. The Balaban J connectivity index is 2.02. The molecule has 2 aliphatic rings. The molecule has 3 rings (SSSR count). The van der Waals surface area contributed by atoms with Crippen molar-refractivity contribution in [3.8, 4) is 0 Å². The zero-order chi connectivity index (χ0) is 19.8. The number of aliphatic carboxylic acids is 1. The van der Waals surface area contributed by atoms with E-state index in [0.717, 1.165) is 6.08 Å². The summed E-state index contributed by atoms with van der Waals surface area (Å²) in [6, 6.07) is 4.92. The minimum absolute atomic E-state index is 0.0606. The van der Waals surface area contributed by atoms with E-state index in [2.05, 4.69) is 11.6 Å². The minimum atomic E-state index is -3.93. The molecule has 0 saturated carbocycles. The number of amides is 1. The highest BCUT2D eigenvalue weighted by molar-refractivity contribution is 7.92. The molecular weight excluding hydrogens is 376 g/mol. The predicted molar refractivity (Wildman–Crippen MR) is 92.5 cm³/mol. The first-order valence-electron chi connectivity index (χ1n) is 7.68. The fourth-order valence-electron chi connectivity index (χ4n) is 2.89. The first-order chi connectivity index (χ1) is 12.8. The van der Waals surface area contributed by atoms with E-state index in [1.807, 2.05) is 0 Å². The van der Waals surface area contributed by atoms with Crippen molar-refractivity contribution >= 4 is 33.8 Å². The average Bonchev–Trinajstić information content (AvgIpc) is 2.63. The van der Waals surface area contributed by atoms with Crippen LogP contribution in [0.25, 0.3) is 6.08 Å².